The molecular weight excluding hydrogens is 289 g/mol. The second-order valence-corrected chi connectivity index (χ2v) is 6.97. The van der Waals surface area contributed by atoms with E-state index in [1.54, 1.807) is 12.1 Å². The fraction of sp³-hybridized carbons (Fsp3) is 0.250. The molecule has 2 aromatic carbocycles. The lowest BCUT2D eigenvalue weighted by Gasteiger charge is -2.13. The van der Waals surface area contributed by atoms with Crippen molar-refractivity contribution in [1.29, 1.82) is 0 Å². The molecule has 0 radical (unpaired) electrons. The number of rotatable bonds is 4. The normalized spacial score (nSPS) is 11.7. The van der Waals surface area contributed by atoms with Crippen molar-refractivity contribution in [2.45, 2.75) is 31.6 Å². The number of hydrogen-bond donors (Lipinski definition) is 1. The van der Waals surface area contributed by atoms with Crippen molar-refractivity contribution >= 4 is 15.7 Å². The molecule has 0 heterocycles. The summed E-state index contributed by atoms with van der Waals surface area (Å²) in [5.74, 6) is -0.205. The van der Waals surface area contributed by atoms with E-state index in [4.69, 9.17) is 0 Å². The van der Waals surface area contributed by atoms with Crippen LogP contribution in [0.15, 0.2) is 47.4 Å². The van der Waals surface area contributed by atoms with Gasteiger partial charge >= 0.3 is 0 Å². The summed E-state index contributed by atoms with van der Waals surface area (Å²) >= 11 is 0. The van der Waals surface area contributed by atoms with Crippen LogP contribution < -0.4 is 4.72 Å². The summed E-state index contributed by atoms with van der Waals surface area (Å²) in [6.45, 7) is 6.10. The first-order valence-electron chi connectivity index (χ1n) is 6.68. The summed E-state index contributed by atoms with van der Waals surface area (Å²) in [6, 6.07) is 10.4. The molecule has 0 amide bonds. The zero-order valence-electron chi connectivity index (χ0n) is 12.2. The van der Waals surface area contributed by atoms with Gasteiger partial charge in [-0.05, 0) is 54.3 Å². The van der Waals surface area contributed by atoms with Crippen LogP contribution in [0.25, 0.3) is 0 Å². The molecule has 2 rings (SSSR count). The van der Waals surface area contributed by atoms with Gasteiger partial charge in [-0.3, -0.25) is 4.72 Å². The van der Waals surface area contributed by atoms with E-state index >= 15 is 0 Å². The quantitative estimate of drug-likeness (QED) is 0.926. The highest BCUT2D eigenvalue weighted by Crippen LogP contribution is 2.24. The van der Waals surface area contributed by atoms with E-state index in [1.807, 2.05) is 13.0 Å². The molecule has 0 saturated heterocycles. The van der Waals surface area contributed by atoms with Gasteiger partial charge in [-0.25, -0.2) is 12.8 Å². The predicted molar refractivity (Wildman–Crippen MR) is 82.5 cm³/mol. The van der Waals surface area contributed by atoms with Crippen molar-refractivity contribution in [3.05, 3.63) is 59.4 Å². The number of aryl methyl sites for hydroxylation is 1. The minimum absolute atomic E-state index is 0.0897. The van der Waals surface area contributed by atoms with Crippen LogP contribution in [-0.2, 0) is 10.0 Å². The molecule has 3 nitrogen and oxygen atoms in total. The highest BCUT2D eigenvalue weighted by Gasteiger charge is 2.15. The van der Waals surface area contributed by atoms with Crippen molar-refractivity contribution in [3.63, 3.8) is 0 Å². The molecule has 1 N–H and O–H groups in total. The number of anilines is 1. The van der Waals surface area contributed by atoms with Crippen LogP contribution in [0.5, 0.6) is 0 Å². The maximum absolute atomic E-state index is 13.1. The molecule has 0 spiro atoms. The molecule has 21 heavy (non-hydrogen) atoms. The third kappa shape index (κ3) is 3.61. The zero-order valence-corrected chi connectivity index (χ0v) is 13.0. The fourth-order valence-corrected chi connectivity index (χ4v) is 3.32. The fourth-order valence-electron chi connectivity index (χ4n) is 2.24. The molecule has 0 saturated carbocycles. The Kier molecular flexibility index (Phi) is 4.32. The van der Waals surface area contributed by atoms with E-state index in [1.165, 1.54) is 23.8 Å². The molecule has 0 atom stereocenters. The topological polar surface area (TPSA) is 46.2 Å². The van der Waals surface area contributed by atoms with Gasteiger partial charge in [0.15, 0.2) is 0 Å². The van der Waals surface area contributed by atoms with Crippen LogP contribution in [0.3, 0.4) is 0 Å². The summed E-state index contributed by atoms with van der Waals surface area (Å²) in [4.78, 5) is -0.0897. The minimum Gasteiger partial charge on any atom is -0.280 e. The molecule has 0 aliphatic heterocycles. The lowest BCUT2D eigenvalue weighted by molar-refractivity contribution is 0.595. The lowest BCUT2D eigenvalue weighted by Crippen LogP contribution is -2.13. The van der Waals surface area contributed by atoms with Crippen molar-refractivity contribution < 1.29 is 12.8 Å². The highest BCUT2D eigenvalue weighted by molar-refractivity contribution is 7.92. The number of hydrogen-bond acceptors (Lipinski definition) is 2. The molecular formula is C16H18FNO2S. The molecule has 0 bridgehead atoms. The van der Waals surface area contributed by atoms with Crippen LogP contribution in [0.2, 0.25) is 0 Å². The minimum atomic E-state index is -3.78. The third-order valence-electron chi connectivity index (χ3n) is 3.25. The average molecular weight is 307 g/mol. The second kappa shape index (κ2) is 5.85. The van der Waals surface area contributed by atoms with Crippen molar-refractivity contribution in [2.75, 3.05) is 4.72 Å². The Labute approximate surface area is 124 Å². The van der Waals surface area contributed by atoms with Gasteiger partial charge in [0.1, 0.15) is 5.82 Å². The third-order valence-corrected chi connectivity index (χ3v) is 4.63. The van der Waals surface area contributed by atoms with Gasteiger partial charge in [-0.15, -0.1) is 0 Å². The van der Waals surface area contributed by atoms with Gasteiger partial charge in [0.2, 0.25) is 0 Å². The summed E-state index contributed by atoms with van der Waals surface area (Å²) in [7, 11) is -3.78. The average Bonchev–Trinajstić information content (AvgIpc) is 2.37. The van der Waals surface area contributed by atoms with Crippen molar-refractivity contribution in [2.24, 2.45) is 0 Å². The molecule has 0 aromatic heterocycles. The smallest absolute Gasteiger partial charge is 0.261 e. The maximum Gasteiger partial charge on any atom is 0.261 e. The predicted octanol–water partition coefficient (Wildman–Crippen LogP) is 4.06. The molecule has 0 fully saturated rings. The maximum atomic E-state index is 13.1. The zero-order chi connectivity index (χ0) is 15.6. The van der Waals surface area contributed by atoms with Crippen LogP contribution in [0.4, 0.5) is 10.1 Å². The summed E-state index contributed by atoms with van der Waals surface area (Å²) in [5, 5.41) is 0. The van der Waals surface area contributed by atoms with Crippen LogP contribution in [-0.4, -0.2) is 8.42 Å². The van der Waals surface area contributed by atoms with Gasteiger partial charge in [0.05, 0.1) is 4.90 Å². The molecule has 2 aromatic rings. The first-order chi connectivity index (χ1) is 9.79. The van der Waals surface area contributed by atoms with Gasteiger partial charge in [0.25, 0.3) is 10.0 Å². The van der Waals surface area contributed by atoms with Crippen LogP contribution in [0.1, 0.15) is 30.9 Å². The van der Waals surface area contributed by atoms with Crippen LogP contribution >= 0.6 is 0 Å². The Bertz CT molecular complexity index is 755. The Morgan fingerprint density at radius 1 is 1.10 bits per heavy atom. The van der Waals surface area contributed by atoms with E-state index in [-0.39, 0.29) is 4.90 Å². The van der Waals surface area contributed by atoms with Crippen LogP contribution in [0, 0.1) is 12.7 Å². The van der Waals surface area contributed by atoms with E-state index in [2.05, 4.69) is 18.6 Å². The van der Waals surface area contributed by atoms with Crippen molar-refractivity contribution in [1.82, 2.24) is 0 Å². The molecule has 112 valence electrons. The lowest BCUT2D eigenvalue weighted by atomic mass is 9.98. The first-order valence-corrected chi connectivity index (χ1v) is 8.17. The Morgan fingerprint density at radius 3 is 2.38 bits per heavy atom. The van der Waals surface area contributed by atoms with Gasteiger partial charge in [-0.1, -0.05) is 26.0 Å². The van der Waals surface area contributed by atoms with E-state index in [9.17, 15) is 12.8 Å². The molecule has 5 heteroatoms. The highest BCUT2D eigenvalue weighted by atomic mass is 32.2. The summed E-state index contributed by atoms with van der Waals surface area (Å²) in [6.07, 6.45) is 0. The van der Waals surface area contributed by atoms with E-state index in [0.717, 1.165) is 11.6 Å². The van der Waals surface area contributed by atoms with Gasteiger partial charge in [0, 0.05) is 5.69 Å². The second-order valence-electron chi connectivity index (χ2n) is 5.29. The number of benzene rings is 2. The van der Waals surface area contributed by atoms with E-state index < -0.39 is 15.8 Å². The monoisotopic (exact) mass is 307 g/mol. The summed E-state index contributed by atoms with van der Waals surface area (Å²) in [5.41, 5.74) is 2.66. The number of sulfonamides is 1. The number of halogens is 1. The largest absolute Gasteiger partial charge is 0.280 e. The van der Waals surface area contributed by atoms with E-state index in [0.29, 0.717) is 11.6 Å². The summed E-state index contributed by atoms with van der Waals surface area (Å²) < 4.78 is 40.0. The Balaban J connectivity index is 2.31. The molecule has 0 aliphatic carbocycles. The van der Waals surface area contributed by atoms with Crippen molar-refractivity contribution in [3.8, 4) is 0 Å². The van der Waals surface area contributed by atoms with Gasteiger partial charge < -0.3 is 0 Å². The molecule has 0 unspecified atom stereocenters. The standard InChI is InChI=1S/C16H18FNO2S/c1-11(2)16-8-7-14(9-12(16)3)18-21(19,20)15-6-4-5-13(17)10-15/h4-11,18H,1-3H3. The first kappa shape index (κ1) is 15.5. The van der Waals surface area contributed by atoms with Gasteiger partial charge in [-0.2, -0.15) is 0 Å². The Morgan fingerprint density at radius 2 is 1.81 bits per heavy atom. The SMILES string of the molecule is Cc1cc(NS(=O)(=O)c2cccc(F)c2)ccc1C(C)C. The Hall–Kier alpha value is -1.88. The molecule has 0 aliphatic rings. The number of nitrogens with one attached hydrogen (secondary N) is 1.